The minimum Gasteiger partial charge on any atom is -0.323 e. The molecule has 1 N–H and O–H groups in total. The highest BCUT2D eigenvalue weighted by Gasteiger charge is 2.05. The molecule has 0 heterocycles. The van der Waals surface area contributed by atoms with Gasteiger partial charge in [-0.3, -0.25) is 0 Å². The Morgan fingerprint density at radius 3 is 2.19 bits per heavy atom. The predicted molar refractivity (Wildman–Crippen MR) is 71.7 cm³/mol. The summed E-state index contributed by atoms with van der Waals surface area (Å²) in [6.45, 7) is 8.79. The van der Waals surface area contributed by atoms with Crippen LogP contribution in [0.4, 0.5) is 0 Å². The molecule has 1 rings (SSSR count). The second-order valence-electron chi connectivity index (χ2n) is 5.06. The van der Waals surface area contributed by atoms with E-state index in [0.29, 0.717) is 12.2 Å². The van der Waals surface area contributed by atoms with E-state index in [1.807, 2.05) is 13.3 Å². The maximum Gasteiger partial charge on any atom is 0.0949 e. The van der Waals surface area contributed by atoms with Gasteiger partial charge < -0.3 is 9.88 Å². The molecule has 0 unspecified atom stereocenters. The molecule has 0 fully saturated rings. The van der Waals surface area contributed by atoms with E-state index in [9.17, 15) is 4.57 Å². The van der Waals surface area contributed by atoms with Crippen LogP contribution in [-0.4, -0.2) is 19.6 Å². The Balaban J connectivity index is 2.47. The molecule has 1 aromatic carbocycles. The summed E-state index contributed by atoms with van der Waals surface area (Å²) < 4.78 is 11.5. The predicted octanol–water partition coefficient (Wildman–Crippen LogP) is 3.48. The Morgan fingerprint density at radius 2 is 1.75 bits per heavy atom. The third-order valence-electron chi connectivity index (χ3n) is 2.47. The van der Waals surface area contributed by atoms with Gasteiger partial charge >= 0.3 is 0 Å². The molecule has 0 aliphatic carbocycles. The molecule has 0 radical (unpaired) electrons. The Labute approximate surface area is 98.8 Å². The summed E-state index contributed by atoms with van der Waals surface area (Å²) in [5.41, 5.74) is 2.61. The summed E-state index contributed by atoms with van der Waals surface area (Å²) in [4.78, 5) is 0. The fourth-order valence-electron chi connectivity index (χ4n) is 1.49. The lowest BCUT2D eigenvalue weighted by atomic mass is 10.0. The van der Waals surface area contributed by atoms with Crippen molar-refractivity contribution in [3.8, 4) is 0 Å². The molecule has 0 spiro atoms. The van der Waals surface area contributed by atoms with Crippen molar-refractivity contribution < 1.29 is 4.57 Å². The number of nitrogens with one attached hydrogen (secondary N) is 1. The molecule has 2 nitrogen and oxygen atoms in total. The van der Waals surface area contributed by atoms with Gasteiger partial charge in [0.2, 0.25) is 0 Å². The van der Waals surface area contributed by atoms with Crippen LogP contribution in [0.25, 0.3) is 0 Å². The lowest BCUT2D eigenvalue weighted by molar-refractivity contribution is 0.576. The average Bonchev–Trinajstić information content (AvgIpc) is 2.16. The highest BCUT2D eigenvalue weighted by molar-refractivity contribution is 7.62. The van der Waals surface area contributed by atoms with Gasteiger partial charge in [-0.05, 0) is 30.4 Å². The van der Waals surface area contributed by atoms with Crippen molar-refractivity contribution in [3.63, 3.8) is 0 Å². The molecular formula is C13H22NOP. The molecule has 0 aliphatic heterocycles. The fraction of sp³-hybridized carbons (Fsp3) is 0.538. The van der Waals surface area contributed by atoms with Crippen LogP contribution in [0.15, 0.2) is 24.3 Å². The first kappa shape index (κ1) is 13.5. The first-order valence-electron chi connectivity index (χ1n) is 5.72. The first-order chi connectivity index (χ1) is 7.38. The monoisotopic (exact) mass is 239 g/mol. The number of hydrogen-bond acceptors (Lipinski definition) is 2. The topological polar surface area (TPSA) is 29.1 Å². The highest BCUT2D eigenvalue weighted by atomic mass is 31.2. The number of rotatable bonds is 5. The van der Waals surface area contributed by atoms with Crippen LogP contribution >= 0.6 is 7.14 Å². The van der Waals surface area contributed by atoms with Gasteiger partial charge in [0.1, 0.15) is 0 Å². The highest BCUT2D eigenvalue weighted by Crippen LogP contribution is 2.33. The molecule has 90 valence electrons. The van der Waals surface area contributed by atoms with Gasteiger partial charge in [-0.15, -0.1) is 0 Å². The van der Waals surface area contributed by atoms with Crippen LogP contribution in [-0.2, 0) is 11.1 Å². The van der Waals surface area contributed by atoms with Gasteiger partial charge in [0.25, 0.3) is 0 Å². The smallest absolute Gasteiger partial charge is 0.0949 e. The molecule has 0 aromatic heterocycles. The standard InChI is InChI=1S/C13H22NOP/c1-11(2)13-7-5-12(6-8-13)9-14-10-16(3,4)15/h5-8,11,14H,9-10H2,1-4H3. The van der Waals surface area contributed by atoms with Crippen LogP contribution in [0, 0.1) is 0 Å². The normalized spacial score (nSPS) is 12.1. The van der Waals surface area contributed by atoms with Crippen molar-refractivity contribution in [1.82, 2.24) is 5.32 Å². The third kappa shape index (κ3) is 4.96. The quantitative estimate of drug-likeness (QED) is 0.797. The lowest BCUT2D eigenvalue weighted by Gasteiger charge is -2.10. The maximum absolute atomic E-state index is 11.5. The van der Waals surface area contributed by atoms with Crippen molar-refractivity contribution in [2.45, 2.75) is 26.3 Å². The molecule has 16 heavy (non-hydrogen) atoms. The van der Waals surface area contributed by atoms with Crippen LogP contribution < -0.4 is 5.32 Å². The largest absolute Gasteiger partial charge is 0.323 e. The van der Waals surface area contributed by atoms with E-state index in [2.05, 4.69) is 43.4 Å². The van der Waals surface area contributed by atoms with Gasteiger partial charge in [0.15, 0.2) is 0 Å². The second-order valence-corrected chi connectivity index (χ2v) is 8.52. The van der Waals surface area contributed by atoms with Crippen molar-refractivity contribution in [3.05, 3.63) is 35.4 Å². The molecular weight excluding hydrogens is 217 g/mol. The van der Waals surface area contributed by atoms with E-state index in [0.717, 1.165) is 6.54 Å². The Morgan fingerprint density at radius 1 is 1.19 bits per heavy atom. The van der Waals surface area contributed by atoms with Crippen molar-refractivity contribution in [2.24, 2.45) is 0 Å². The first-order valence-corrected chi connectivity index (χ1v) is 8.51. The average molecular weight is 239 g/mol. The lowest BCUT2D eigenvalue weighted by Crippen LogP contribution is -2.14. The zero-order valence-corrected chi connectivity index (χ0v) is 11.6. The maximum atomic E-state index is 11.5. The zero-order chi connectivity index (χ0) is 12.2. The van der Waals surface area contributed by atoms with E-state index in [4.69, 9.17) is 0 Å². The molecule has 0 saturated heterocycles. The molecule has 1 aromatic rings. The Bertz CT molecular complexity index is 364. The molecule has 3 heteroatoms. The van der Waals surface area contributed by atoms with E-state index >= 15 is 0 Å². The SMILES string of the molecule is CC(C)c1ccc(CNCP(C)(C)=O)cc1. The summed E-state index contributed by atoms with van der Waals surface area (Å²) in [5, 5.41) is 3.23. The third-order valence-corrected chi connectivity index (χ3v) is 3.45. The second kappa shape index (κ2) is 5.65. The molecule has 0 saturated carbocycles. The Hall–Kier alpha value is -0.590. The molecule has 0 bridgehead atoms. The summed E-state index contributed by atoms with van der Waals surface area (Å²) in [6, 6.07) is 8.61. The summed E-state index contributed by atoms with van der Waals surface area (Å²) in [6.07, 6.45) is 0.610. The number of hydrogen-bond donors (Lipinski definition) is 1. The van der Waals surface area contributed by atoms with E-state index in [-0.39, 0.29) is 0 Å². The molecule has 0 atom stereocenters. The van der Waals surface area contributed by atoms with Crippen molar-refractivity contribution >= 4 is 7.14 Å². The molecule has 0 aliphatic rings. The van der Waals surface area contributed by atoms with Gasteiger partial charge in [-0.25, -0.2) is 0 Å². The van der Waals surface area contributed by atoms with Crippen molar-refractivity contribution in [1.29, 1.82) is 0 Å². The van der Waals surface area contributed by atoms with E-state index in [1.54, 1.807) is 0 Å². The van der Waals surface area contributed by atoms with Gasteiger partial charge in [-0.2, -0.15) is 0 Å². The van der Waals surface area contributed by atoms with Gasteiger partial charge in [-0.1, -0.05) is 38.1 Å². The van der Waals surface area contributed by atoms with Crippen LogP contribution in [0.3, 0.4) is 0 Å². The van der Waals surface area contributed by atoms with Gasteiger partial charge in [0.05, 0.1) is 7.14 Å². The van der Waals surface area contributed by atoms with Crippen LogP contribution in [0.2, 0.25) is 0 Å². The Kier molecular flexibility index (Phi) is 4.76. The summed E-state index contributed by atoms with van der Waals surface area (Å²) >= 11 is 0. The zero-order valence-electron chi connectivity index (χ0n) is 10.7. The van der Waals surface area contributed by atoms with Crippen molar-refractivity contribution in [2.75, 3.05) is 19.6 Å². The molecule has 0 amide bonds. The summed E-state index contributed by atoms with van der Waals surface area (Å²) in [7, 11) is -1.94. The van der Waals surface area contributed by atoms with E-state index in [1.165, 1.54) is 11.1 Å². The van der Waals surface area contributed by atoms with Gasteiger partial charge in [0, 0.05) is 12.8 Å². The van der Waals surface area contributed by atoms with E-state index < -0.39 is 7.14 Å². The minimum atomic E-state index is -1.94. The van der Waals surface area contributed by atoms with Crippen LogP contribution in [0.5, 0.6) is 0 Å². The minimum absolute atomic E-state index is 0.577. The fourth-order valence-corrected chi connectivity index (χ4v) is 2.14. The number of benzene rings is 1. The summed E-state index contributed by atoms with van der Waals surface area (Å²) in [5.74, 6) is 0.577. The van der Waals surface area contributed by atoms with Crippen LogP contribution in [0.1, 0.15) is 30.9 Å².